The van der Waals surface area contributed by atoms with E-state index in [9.17, 15) is 4.39 Å². The second-order valence-electron chi connectivity index (χ2n) is 5.33. The molecule has 1 fully saturated rings. The molecule has 0 spiro atoms. The van der Waals surface area contributed by atoms with Gasteiger partial charge in [-0.1, -0.05) is 24.4 Å². The summed E-state index contributed by atoms with van der Waals surface area (Å²) in [6, 6.07) is 4.97. The third-order valence-corrected chi connectivity index (χ3v) is 3.86. The maximum absolute atomic E-state index is 13.5. The summed E-state index contributed by atoms with van der Waals surface area (Å²) in [5, 5.41) is 3.84. The van der Waals surface area contributed by atoms with Crippen molar-refractivity contribution in [2.24, 2.45) is 0 Å². The Kier molecular flexibility index (Phi) is 3.66. The Bertz CT molecular complexity index is 597. The Morgan fingerprint density at radius 1 is 1.30 bits per heavy atom. The van der Waals surface area contributed by atoms with Crippen LogP contribution in [-0.4, -0.2) is 15.6 Å². The van der Waals surface area contributed by atoms with Crippen LogP contribution >= 0.6 is 11.6 Å². The monoisotopic (exact) mass is 293 g/mol. The minimum atomic E-state index is -0.342. The maximum Gasteiger partial charge on any atom is 0.207 e. The molecular formula is C15H17ClFN3. The number of rotatable bonds is 3. The summed E-state index contributed by atoms with van der Waals surface area (Å²) in [6.45, 7) is 1.93. The molecule has 0 saturated heterocycles. The topological polar surface area (TPSA) is 29.9 Å². The average molecular weight is 294 g/mol. The summed E-state index contributed by atoms with van der Waals surface area (Å²) >= 11 is 5.94. The van der Waals surface area contributed by atoms with Gasteiger partial charge in [0.15, 0.2) is 0 Å². The molecule has 1 N–H and O–H groups in total. The zero-order valence-electron chi connectivity index (χ0n) is 11.4. The van der Waals surface area contributed by atoms with E-state index in [1.165, 1.54) is 25.0 Å². The normalized spacial score (nSPS) is 15.8. The molecule has 0 atom stereocenters. The van der Waals surface area contributed by atoms with Gasteiger partial charge in [0.05, 0.1) is 11.4 Å². The first-order chi connectivity index (χ1) is 9.61. The molecule has 1 aromatic heterocycles. The van der Waals surface area contributed by atoms with Crippen molar-refractivity contribution in [1.82, 2.24) is 9.55 Å². The number of benzene rings is 1. The second kappa shape index (κ2) is 5.44. The highest BCUT2D eigenvalue weighted by Gasteiger charge is 2.18. The lowest BCUT2D eigenvalue weighted by atomic mass is 10.2. The fourth-order valence-corrected chi connectivity index (χ4v) is 2.94. The Morgan fingerprint density at radius 2 is 2.05 bits per heavy atom. The number of aryl methyl sites for hydroxylation is 1. The Labute approximate surface area is 122 Å². The van der Waals surface area contributed by atoms with Crippen LogP contribution in [0.4, 0.5) is 10.3 Å². The van der Waals surface area contributed by atoms with Gasteiger partial charge in [0.1, 0.15) is 5.82 Å². The van der Waals surface area contributed by atoms with Crippen molar-refractivity contribution in [3.8, 4) is 5.69 Å². The smallest absolute Gasteiger partial charge is 0.207 e. The van der Waals surface area contributed by atoms with E-state index in [1.54, 1.807) is 6.07 Å². The molecule has 0 radical (unpaired) electrons. The van der Waals surface area contributed by atoms with Crippen molar-refractivity contribution in [2.75, 3.05) is 5.32 Å². The molecule has 20 heavy (non-hydrogen) atoms. The van der Waals surface area contributed by atoms with Crippen LogP contribution in [0.2, 0.25) is 5.02 Å². The summed E-state index contributed by atoms with van der Waals surface area (Å²) in [7, 11) is 0. The lowest BCUT2D eigenvalue weighted by molar-refractivity contribution is 0.626. The molecule has 0 amide bonds. The van der Waals surface area contributed by atoms with Crippen molar-refractivity contribution < 1.29 is 4.39 Å². The van der Waals surface area contributed by atoms with E-state index < -0.39 is 0 Å². The first-order valence-electron chi connectivity index (χ1n) is 6.91. The number of nitrogens with one attached hydrogen (secondary N) is 1. The second-order valence-corrected chi connectivity index (χ2v) is 5.77. The van der Waals surface area contributed by atoms with Crippen molar-refractivity contribution in [3.05, 3.63) is 40.9 Å². The molecule has 0 bridgehead atoms. The van der Waals surface area contributed by atoms with Crippen LogP contribution in [0.3, 0.4) is 0 Å². The van der Waals surface area contributed by atoms with E-state index in [-0.39, 0.29) is 5.82 Å². The van der Waals surface area contributed by atoms with Crippen molar-refractivity contribution >= 4 is 17.5 Å². The molecule has 0 unspecified atom stereocenters. The minimum Gasteiger partial charge on any atom is -0.353 e. The van der Waals surface area contributed by atoms with E-state index in [0.29, 0.717) is 16.8 Å². The van der Waals surface area contributed by atoms with E-state index in [2.05, 4.69) is 10.3 Å². The molecule has 106 valence electrons. The molecule has 1 saturated carbocycles. The Hall–Kier alpha value is -1.55. The molecular weight excluding hydrogens is 277 g/mol. The molecule has 1 aliphatic rings. The number of halogens is 2. The summed E-state index contributed by atoms with van der Waals surface area (Å²) < 4.78 is 15.4. The van der Waals surface area contributed by atoms with Gasteiger partial charge >= 0.3 is 0 Å². The summed E-state index contributed by atoms with van der Waals surface area (Å²) in [5.41, 5.74) is 1.59. The first-order valence-corrected chi connectivity index (χ1v) is 7.28. The van der Waals surface area contributed by atoms with Crippen molar-refractivity contribution in [2.45, 2.75) is 38.6 Å². The minimum absolute atomic E-state index is 0.342. The molecule has 0 aliphatic heterocycles. The van der Waals surface area contributed by atoms with Crippen LogP contribution in [0.25, 0.3) is 5.69 Å². The van der Waals surface area contributed by atoms with Gasteiger partial charge in [-0.15, -0.1) is 0 Å². The average Bonchev–Trinajstić information content (AvgIpc) is 2.98. The fourth-order valence-electron chi connectivity index (χ4n) is 2.73. The lowest BCUT2D eigenvalue weighted by Gasteiger charge is -2.15. The van der Waals surface area contributed by atoms with Gasteiger partial charge in [-0.25, -0.2) is 9.37 Å². The predicted molar refractivity (Wildman–Crippen MR) is 79.1 cm³/mol. The third kappa shape index (κ3) is 2.80. The largest absolute Gasteiger partial charge is 0.353 e. The van der Waals surface area contributed by atoms with Gasteiger partial charge < -0.3 is 5.32 Å². The number of hydrogen-bond acceptors (Lipinski definition) is 2. The van der Waals surface area contributed by atoms with Crippen molar-refractivity contribution in [3.63, 3.8) is 0 Å². The Morgan fingerprint density at radius 3 is 2.75 bits per heavy atom. The van der Waals surface area contributed by atoms with Gasteiger partial charge in [0, 0.05) is 17.3 Å². The van der Waals surface area contributed by atoms with E-state index in [4.69, 9.17) is 11.6 Å². The van der Waals surface area contributed by atoms with Crippen LogP contribution < -0.4 is 5.32 Å². The van der Waals surface area contributed by atoms with Gasteiger partial charge in [0.25, 0.3) is 0 Å². The van der Waals surface area contributed by atoms with Crippen LogP contribution in [0.1, 0.15) is 31.4 Å². The molecule has 5 heteroatoms. The number of anilines is 1. The number of imidazole rings is 1. The maximum atomic E-state index is 13.5. The summed E-state index contributed by atoms with van der Waals surface area (Å²) in [6.07, 6.45) is 6.72. The Balaban J connectivity index is 1.95. The molecule has 1 heterocycles. The number of nitrogens with zero attached hydrogens (tertiary/aromatic N) is 2. The third-order valence-electron chi connectivity index (χ3n) is 3.64. The quantitative estimate of drug-likeness (QED) is 0.913. The van der Waals surface area contributed by atoms with Gasteiger partial charge in [-0.3, -0.25) is 4.57 Å². The van der Waals surface area contributed by atoms with Gasteiger partial charge in [-0.05, 0) is 38.0 Å². The number of hydrogen-bond donors (Lipinski definition) is 1. The molecule has 3 nitrogen and oxygen atoms in total. The van der Waals surface area contributed by atoms with E-state index in [0.717, 1.165) is 24.5 Å². The molecule has 1 aliphatic carbocycles. The fraction of sp³-hybridized carbons (Fsp3) is 0.400. The van der Waals surface area contributed by atoms with Crippen LogP contribution in [0.15, 0.2) is 24.4 Å². The highest BCUT2D eigenvalue weighted by molar-refractivity contribution is 6.30. The zero-order valence-corrected chi connectivity index (χ0v) is 12.1. The molecule has 2 aromatic rings. The first kappa shape index (κ1) is 13.4. The number of aromatic nitrogens is 2. The van der Waals surface area contributed by atoms with Crippen LogP contribution in [-0.2, 0) is 0 Å². The standard InChI is InChI=1S/C15H17ClFN3/c1-10-9-20(14-7-11(16)6-12(17)8-14)15(18-10)19-13-4-2-3-5-13/h6-9,13H,2-5H2,1H3,(H,18,19). The summed E-state index contributed by atoms with van der Waals surface area (Å²) in [4.78, 5) is 4.50. The lowest BCUT2D eigenvalue weighted by Crippen LogP contribution is -2.17. The van der Waals surface area contributed by atoms with Crippen LogP contribution in [0.5, 0.6) is 0 Å². The van der Waals surface area contributed by atoms with E-state index >= 15 is 0 Å². The summed E-state index contributed by atoms with van der Waals surface area (Å²) in [5.74, 6) is 0.418. The predicted octanol–water partition coefficient (Wildman–Crippen LogP) is 4.33. The van der Waals surface area contributed by atoms with Crippen LogP contribution in [0, 0.1) is 12.7 Å². The highest BCUT2D eigenvalue weighted by Crippen LogP contribution is 2.25. The molecule has 1 aromatic carbocycles. The van der Waals surface area contributed by atoms with E-state index in [1.807, 2.05) is 17.7 Å². The highest BCUT2D eigenvalue weighted by atomic mass is 35.5. The van der Waals surface area contributed by atoms with Gasteiger partial charge in [-0.2, -0.15) is 0 Å². The van der Waals surface area contributed by atoms with Crippen molar-refractivity contribution in [1.29, 1.82) is 0 Å². The zero-order chi connectivity index (χ0) is 14.1. The SMILES string of the molecule is Cc1cn(-c2cc(F)cc(Cl)c2)c(NC2CCCC2)n1. The molecule has 3 rings (SSSR count). The van der Waals surface area contributed by atoms with Gasteiger partial charge in [0.2, 0.25) is 5.95 Å².